The maximum absolute atomic E-state index is 12.6. The van der Waals surface area contributed by atoms with E-state index >= 15 is 0 Å². The third-order valence-corrected chi connectivity index (χ3v) is 6.62. The third-order valence-electron chi connectivity index (χ3n) is 3.48. The number of carbonyl (C=O) groups excluding carboxylic acids is 1. The van der Waals surface area contributed by atoms with E-state index in [9.17, 15) is 9.59 Å². The first-order valence-corrected chi connectivity index (χ1v) is 10.2. The van der Waals surface area contributed by atoms with Crippen molar-refractivity contribution in [1.29, 1.82) is 0 Å². The van der Waals surface area contributed by atoms with Crippen molar-refractivity contribution in [3.8, 4) is 0 Å². The summed E-state index contributed by atoms with van der Waals surface area (Å²) in [4.78, 5) is 30.1. The largest absolute Gasteiger partial charge is 0.478 e. The minimum Gasteiger partial charge on any atom is -0.478 e. The Morgan fingerprint density at radius 1 is 1.42 bits per heavy atom. The highest BCUT2D eigenvalue weighted by molar-refractivity contribution is 14.1. The van der Waals surface area contributed by atoms with E-state index in [-0.39, 0.29) is 11.5 Å². The Morgan fingerprint density at radius 2 is 2.12 bits per heavy atom. The number of carbonyl (C=O) groups is 2. The molecule has 0 spiro atoms. The average Bonchev–Trinajstić information content (AvgIpc) is 3.07. The first-order chi connectivity index (χ1) is 12.4. The lowest BCUT2D eigenvalue weighted by atomic mass is 10.2. The van der Waals surface area contributed by atoms with Crippen LogP contribution < -0.4 is 0 Å². The predicted octanol–water partition coefficient (Wildman–Crippen LogP) is 4.97. The van der Waals surface area contributed by atoms with Gasteiger partial charge in [-0.05, 0) is 87.5 Å². The third kappa shape index (κ3) is 4.04. The molecule has 1 aliphatic rings. The van der Waals surface area contributed by atoms with Crippen LogP contribution in [0.2, 0.25) is 0 Å². The topological polar surface area (TPSA) is 83.1 Å². The molecule has 134 valence electrons. The second-order valence-corrected chi connectivity index (χ2v) is 8.07. The van der Waals surface area contributed by atoms with Crippen LogP contribution in [0.4, 0.5) is 5.69 Å². The Labute approximate surface area is 175 Å². The van der Waals surface area contributed by atoms with Crippen LogP contribution >= 0.6 is 50.3 Å². The molecule has 9 heteroatoms. The number of carboxylic acid groups (broad SMARTS) is 1. The molecule has 1 aromatic heterocycles. The van der Waals surface area contributed by atoms with Crippen LogP contribution in [0.1, 0.15) is 23.0 Å². The molecule has 1 N–H and O–H groups in total. The van der Waals surface area contributed by atoms with E-state index in [0.717, 1.165) is 3.57 Å². The number of carboxylic acids is 1. The average molecular weight is 547 g/mol. The molecule has 2 aromatic rings. The quantitative estimate of drug-likeness (QED) is 0.432. The molecule has 1 saturated heterocycles. The van der Waals surface area contributed by atoms with Crippen molar-refractivity contribution >= 4 is 79.1 Å². The lowest BCUT2D eigenvalue weighted by molar-refractivity contribution is -0.122. The Balaban J connectivity index is 1.90. The van der Waals surface area contributed by atoms with Gasteiger partial charge in [-0.3, -0.25) is 9.69 Å². The number of aliphatic imine (C=N–C) groups is 1. The Hall–Kier alpha value is -1.59. The normalized spacial score (nSPS) is 17.5. The number of amidine groups is 1. The van der Waals surface area contributed by atoms with Crippen LogP contribution in [0, 0.1) is 3.57 Å². The number of halogens is 2. The van der Waals surface area contributed by atoms with E-state index in [0.29, 0.717) is 32.7 Å². The summed E-state index contributed by atoms with van der Waals surface area (Å²) in [5.74, 6) is -0.546. The van der Waals surface area contributed by atoms with Crippen LogP contribution in [0.25, 0.3) is 6.08 Å². The number of benzene rings is 1. The lowest BCUT2D eigenvalue weighted by Crippen LogP contribution is -2.28. The van der Waals surface area contributed by atoms with E-state index in [1.165, 1.54) is 23.9 Å². The van der Waals surface area contributed by atoms with Gasteiger partial charge >= 0.3 is 5.97 Å². The first kappa shape index (κ1) is 19.2. The zero-order valence-corrected chi connectivity index (χ0v) is 18.0. The summed E-state index contributed by atoms with van der Waals surface area (Å²) in [6.45, 7) is 2.35. The van der Waals surface area contributed by atoms with Gasteiger partial charge in [0, 0.05) is 12.6 Å². The summed E-state index contributed by atoms with van der Waals surface area (Å²) in [6, 6.07) is 8.03. The number of nitrogens with zero attached hydrogens (tertiary/aromatic N) is 2. The molecule has 0 atom stereocenters. The highest BCUT2D eigenvalue weighted by Gasteiger charge is 2.32. The van der Waals surface area contributed by atoms with Crippen molar-refractivity contribution in [3.05, 3.63) is 54.8 Å². The van der Waals surface area contributed by atoms with Crippen LogP contribution in [-0.2, 0) is 4.79 Å². The number of amides is 1. The van der Waals surface area contributed by atoms with E-state index in [1.54, 1.807) is 23.1 Å². The van der Waals surface area contributed by atoms with E-state index < -0.39 is 5.97 Å². The maximum atomic E-state index is 12.6. The minimum atomic E-state index is -0.991. The molecule has 0 aliphatic carbocycles. The summed E-state index contributed by atoms with van der Waals surface area (Å²) < 4.78 is 7.08. The monoisotopic (exact) mass is 546 g/mol. The number of hydrogen-bond donors (Lipinski definition) is 1. The van der Waals surface area contributed by atoms with Gasteiger partial charge in [0.15, 0.2) is 9.84 Å². The molecule has 1 fully saturated rings. The molecule has 0 radical (unpaired) electrons. The summed E-state index contributed by atoms with van der Waals surface area (Å²) >= 11 is 6.70. The summed E-state index contributed by atoms with van der Waals surface area (Å²) in [6.07, 6.45) is 1.69. The SMILES string of the molecule is CCN1C(=O)C(=Cc2cc(I)c(Br)o2)SC1=Nc1ccc(C(=O)O)cc1. The van der Waals surface area contributed by atoms with Crippen LogP contribution in [0.5, 0.6) is 0 Å². The highest BCUT2D eigenvalue weighted by Crippen LogP contribution is 2.35. The van der Waals surface area contributed by atoms with Gasteiger partial charge in [0.2, 0.25) is 0 Å². The molecule has 1 aliphatic heterocycles. The van der Waals surface area contributed by atoms with Crippen molar-refractivity contribution in [2.24, 2.45) is 4.99 Å². The zero-order valence-electron chi connectivity index (χ0n) is 13.4. The van der Waals surface area contributed by atoms with Crippen molar-refractivity contribution in [3.63, 3.8) is 0 Å². The zero-order chi connectivity index (χ0) is 18.8. The van der Waals surface area contributed by atoms with Crippen molar-refractivity contribution < 1.29 is 19.1 Å². The van der Waals surface area contributed by atoms with Gasteiger partial charge < -0.3 is 9.52 Å². The van der Waals surface area contributed by atoms with Crippen LogP contribution in [0.15, 0.2) is 49.3 Å². The molecule has 6 nitrogen and oxygen atoms in total. The number of thioether (sulfide) groups is 1. The Bertz CT molecular complexity index is 917. The fourth-order valence-electron chi connectivity index (χ4n) is 2.22. The van der Waals surface area contributed by atoms with Crippen LogP contribution in [-0.4, -0.2) is 33.6 Å². The molecule has 1 amide bonds. The van der Waals surface area contributed by atoms with Crippen molar-refractivity contribution in [1.82, 2.24) is 4.90 Å². The molecule has 26 heavy (non-hydrogen) atoms. The lowest BCUT2D eigenvalue weighted by Gasteiger charge is -2.11. The van der Waals surface area contributed by atoms with Gasteiger partial charge in [0.05, 0.1) is 19.7 Å². The summed E-state index contributed by atoms with van der Waals surface area (Å²) in [5, 5.41) is 9.51. The van der Waals surface area contributed by atoms with Gasteiger partial charge in [0.1, 0.15) is 5.76 Å². The van der Waals surface area contributed by atoms with Crippen molar-refractivity contribution in [2.75, 3.05) is 6.54 Å². The second kappa shape index (κ2) is 7.97. The Morgan fingerprint density at radius 3 is 2.65 bits per heavy atom. The number of aromatic carboxylic acids is 1. The van der Waals surface area contributed by atoms with Crippen molar-refractivity contribution in [2.45, 2.75) is 6.92 Å². The molecule has 3 rings (SSSR count). The summed E-state index contributed by atoms with van der Waals surface area (Å²) in [7, 11) is 0. The molecule has 1 aromatic carbocycles. The minimum absolute atomic E-state index is 0.138. The smallest absolute Gasteiger partial charge is 0.335 e. The fraction of sp³-hybridized carbons (Fsp3) is 0.118. The molecular formula is C17H12BrIN2O4S. The first-order valence-electron chi connectivity index (χ1n) is 7.47. The fourth-order valence-corrected chi connectivity index (χ4v) is 3.98. The molecule has 0 saturated carbocycles. The van der Waals surface area contributed by atoms with E-state index in [1.807, 2.05) is 13.0 Å². The molecule has 0 unspecified atom stereocenters. The van der Waals surface area contributed by atoms with Gasteiger partial charge in [-0.2, -0.15) is 0 Å². The van der Waals surface area contributed by atoms with Gasteiger partial charge in [-0.25, -0.2) is 9.79 Å². The predicted molar refractivity (Wildman–Crippen MR) is 113 cm³/mol. The van der Waals surface area contributed by atoms with Gasteiger partial charge in [-0.1, -0.05) is 0 Å². The van der Waals surface area contributed by atoms with Crippen LogP contribution in [0.3, 0.4) is 0 Å². The number of rotatable bonds is 4. The summed E-state index contributed by atoms with van der Waals surface area (Å²) in [5.41, 5.74) is 0.773. The molecule has 2 heterocycles. The molecular weight excluding hydrogens is 535 g/mol. The number of hydrogen-bond acceptors (Lipinski definition) is 5. The van der Waals surface area contributed by atoms with E-state index in [4.69, 9.17) is 9.52 Å². The Kier molecular flexibility index (Phi) is 5.88. The highest BCUT2D eigenvalue weighted by atomic mass is 127. The standard InChI is InChI=1S/C17H12BrIN2O4S/c1-2-21-15(22)13(8-11-7-12(19)14(18)25-11)26-17(21)20-10-5-3-9(4-6-10)16(23)24/h3-8H,2H2,1H3,(H,23,24). The van der Waals surface area contributed by atoms with Gasteiger partial charge in [-0.15, -0.1) is 0 Å². The second-order valence-electron chi connectivity index (χ2n) is 5.18. The number of furan rings is 1. The maximum Gasteiger partial charge on any atom is 0.335 e. The number of likely N-dealkylation sites (N-methyl/N-ethyl adjacent to an activating group) is 1. The van der Waals surface area contributed by atoms with E-state index in [2.05, 4.69) is 43.5 Å². The van der Waals surface area contributed by atoms with Gasteiger partial charge in [0.25, 0.3) is 5.91 Å². The molecule has 0 bridgehead atoms.